The van der Waals surface area contributed by atoms with Gasteiger partial charge < -0.3 is 4.89 Å². The van der Waals surface area contributed by atoms with Gasteiger partial charge in [0.05, 0.1) is 0 Å². The maximum absolute atomic E-state index is 8.29. The second-order valence-corrected chi connectivity index (χ2v) is 5.72. The normalized spacial score (nSPS) is 12.3. The predicted octanol–water partition coefficient (Wildman–Crippen LogP) is 6.90. The number of allylic oxidation sites excluding steroid dienone is 6. The van der Waals surface area contributed by atoms with Gasteiger partial charge in [-0.1, -0.05) is 95.6 Å². The first kappa shape index (κ1) is 21.7. The van der Waals surface area contributed by atoms with Crippen molar-refractivity contribution in [2.75, 3.05) is 0 Å². The maximum atomic E-state index is 8.29. The van der Waals surface area contributed by atoms with Crippen LogP contribution in [0.2, 0.25) is 0 Å². The van der Waals surface area contributed by atoms with Gasteiger partial charge in [0.1, 0.15) is 0 Å². The quantitative estimate of drug-likeness (QED) is 0.110. The first-order valence-electron chi connectivity index (χ1n) is 8.99. The molecule has 3 nitrogen and oxygen atoms in total. The van der Waals surface area contributed by atoms with Gasteiger partial charge in [-0.3, -0.25) is 0 Å². The summed E-state index contributed by atoms with van der Waals surface area (Å²) in [6, 6.07) is 0. The Hall–Kier alpha value is -1.32. The Bertz CT molecular complexity index is 343. The highest BCUT2D eigenvalue weighted by atomic mass is 17.5. The monoisotopic (exact) mass is 322 g/mol. The highest BCUT2D eigenvalue weighted by Crippen LogP contribution is 2.11. The Kier molecular flexibility index (Phi) is 17.7. The molecule has 0 aliphatic carbocycles. The third kappa shape index (κ3) is 16.9. The van der Waals surface area contributed by atoms with Crippen molar-refractivity contribution in [3.63, 3.8) is 0 Å². The van der Waals surface area contributed by atoms with E-state index in [0.29, 0.717) is 5.76 Å². The lowest BCUT2D eigenvalue weighted by Gasteiger charge is -2.01. The first-order chi connectivity index (χ1) is 11.3. The van der Waals surface area contributed by atoms with Crippen LogP contribution in [0.3, 0.4) is 0 Å². The van der Waals surface area contributed by atoms with E-state index >= 15 is 0 Å². The molecule has 0 aliphatic heterocycles. The van der Waals surface area contributed by atoms with Crippen molar-refractivity contribution in [1.29, 1.82) is 0 Å². The van der Waals surface area contributed by atoms with Crippen molar-refractivity contribution in [2.45, 2.75) is 77.6 Å². The zero-order chi connectivity index (χ0) is 17.0. The van der Waals surface area contributed by atoms with Gasteiger partial charge in [0.2, 0.25) is 0 Å². The molecule has 0 amide bonds. The van der Waals surface area contributed by atoms with Crippen LogP contribution in [0.25, 0.3) is 0 Å². The fraction of sp³-hybridized carbons (Fsp3) is 0.600. The summed E-state index contributed by atoms with van der Waals surface area (Å²) in [4.78, 5) is 4.58. The Balaban J connectivity index is 3.55. The summed E-state index contributed by atoms with van der Waals surface area (Å²) in [5.74, 6) is 0.423. The van der Waals surface area contributed by atoms with Crippen molar-refractivity contribution in [2.24, 2.45) is 0 Å². The molecule has 0 saturated carbocycles. The van der Waals surface area contributed by atoms with Crippen LogP contribution in [-0.2, 0) is 9.93 Å². The molecule has 0 aromatic heterocycles. The molecule has 0 atom stereocenters. The number of unbranched alkanes of at least 4 members (excludes halogenated alkanes) is 10. The van der Waals surface area contributed by atoms with Crippen LogP contribution >= 0.6 is 0 Å². The molecule has 0 heterocycles. The molecule has 0 aromatic rings. The minimum Gasteiger partial charge on any atom is -0.308 e. The lowest BCUT2D eigenvalue weighted by molar-refractivity contribution is -0.470. The van der Waals surface area contributed by atoms with E-state index in [0.717, 1.165) is 6.42 Å². The zero-order valence-electron chi connectivity index (χ0n) is 14.7. The molecular weight excluding hydrogens is 288 g/mol. The van der Waals surface area contributed by atoms with Crippen LogP contribution in [0.15, 0.2) is 48.8 Å². The molecule has 0 fully saturated rings. The summed E-state index contributed by atoms with van der Waals surface area (Å²) in [6.07, 6.45) is 25.4. The summed E-state index contributed by atoms with van der Waals surface area (Å²) < 4.78 is 0. The summed E-state index contributed by atoms with van der Waals surface area (Å²) in [7, 11) is 0. The summed E-state index contributed by atoms with van der Waals surface area (Å²) in [6.45, 7) is 5.83. The summed E-state index contributed by atoms with van der Waals surface area (Å²) in [5, 5.41) is 12.0. The lowest BCUT2D eigenvalue weighted by atomic mass is 10.1. The van der Waals surface area contributed by atoms with Gasteiger partial charge in [-0.25, -0.2) is 5.26 Å². The van der Waals surface area contributed by atoms with Crippen LogP contribution in [0, 0.1) is 0 Å². The van der Waals surface area contributed by atoms with Gasteiger partial charge in [0.15, 0.2) is 5.76 Å². The second kappa shape index (κ2) is 18.7. The highest BCUT2D eigenvalue weighted by molar-refractivity contribution is 5.20. The molecule has 3 heteroatoms. The topological polar surface area (TPSA) is 38.7 Å². The Morgan fingerprint density at radius 2 is 1.52 bits per heavy atom. The van der Waals surface area contributed by atoms with Crippen molar-refractivity contribution >= 4 is 0 Å². The van der Waals surface area contributed by atoms with Crippen LogP contribution in [0.1, 0.15) is 77.6 Å². The van der Waals surface area contributed by atoms with E-state index in [9.17, 15) is 0 Å². The molecule has 1 N–H and O–H groups in total. The third-order valence-electron chi connectivity index (χ3n) is 3.65. The van der Waals surface area contributed by atoms with Gasteiger partial charge in [0, 0.05) is 0 Å². The SMILES string of the molecule is C=CC=CC(=CC=CCCCCCCCCCCCC)OOO. The van der Waals surface area contributed by atoms with Crippen molar-refractivity contribution in [1.82, 2.24) is 0 Å². The van der Waals surface area contributed by atoms with E-state index in [4.69, 9.17) is 5.26 Å². The maximum Gasteiger partial charge on any atom is 0.168 e. The van der Waals surface area contributed by atoms with Gasteiger partial charge in [-0.2, -0.15) is 0 Å². The minimum atomic E-state index is 0.423. The standard InChI is InChI=1S/C20H34O3/c1-3-5-7-8-9-10-11-12-13-14-15-16-17-19-20(22-23-21)18-6-4-2/h4,6,16-19,21H,2-3,5,7-15H2,1H3. The molecule has 0 bridgehead atoms. The molecule has 0 saturated heterocycles. The average molecular weight is 322 g/mol. The minimum absolute atomic E-state index is 0.423. The molecular formula is C20H34O3. The van der Waals surface area contributed by atoms with E-state index in [1.54, 1.807) is 24.3 Å². The number of rotatable bonds is 16. The fourth-order valence-corrected chi connectivity index (χ4v) is 2.33. The van der Waals surface area contributed by atoms with Crippen molar-refractivity contribution in [3.05, 3.63) is 48.8 Å². The Morgan fingerprint density at radius 3 is 2.09 bits per heavy atom. The van der Waals surface area contributed by atoms with Crippen LogP contribution in [0.5, 0.6) is 0 Å². The van der Waals surface area contributed by atoms with Crippen molar-refractivity contribution in [3.8, 4) is 0 Å². The molecule has 0 aliphatic rings. The van der Waals surface area contributed by atoms with E-state index in [2.05, 4.69) is 29.5 Å². The van der Waals surface area contributed by atoms with E-state index in [-0.39, 0.29) is 0 Å². The first-order valence-corrected chi connectivity index (χ1v) is 8.99. The largest absolute Gasteiger partial charge is 0.308 e. The Morgan fingerprint density at radius 1 is 0.913 bits per heavy atom. The molecule has 23 heavy (non-hydrogen) atoms. The predicted molar refractivity (Wildman–Crippen MR) is 97.8 cm³/mol. The zero-order valence-corrected chi connectivity index (χ0v) is 14.7. The van der Waals surface area contributed by atoms with Crippen LogP contribution in [-0.4, -0.2) is 5.26 Å². The van der Waals surface area contributed by atoms with E-state index < -0.39 is 0 Å². The molecule has 0 radical (unpaired) electrons. The summed E-state index contributed by atoms with van der Waals surface area (Å²) >= 11 is 0. The van der Waals surface area contributed by atoms with Gasteiger partial charge >= 0.3 is 0 Å². The highest BCUT2D eigenvalue weighted by Gasteiger charge is 1.92. The second-order valence-electron chi connectivity index (χ2n) is 5.72. The summed E-state index contributed by atoms with van der Waals surface area (Å²) in [5.41, 5.74) is 0. The molecule has 132 valence electrons. The Labute approximate surface area is 142 Å². The fourth-order valence-electron chi connectivity index (χ4n) is 2.33. The molecule has 0 unspecified atom stereocenters. The van der Waals surface area contributed by atoms with Gasteiger partial charge in [-0.15, -0.1) is 0 Å². The lowest BCUT2D eigenvalue weighted by Crippen LogP contribution is -1.87. The molecule has 0 rings (SSSR count). The number of hydrogen-bond acceptors (Lipinski definition) is 3. The van der Waals surface area contributed by atoms with Gasteiger partial charge in [0.25, 0.3) is 0 Å². The van der Waals surface area contributed by atoms with Gasteiger partial charge in [-0.05, 0) is 30.0 Å². The van der Waals surface area contributed by atoms with E-state index in [1.165, 1.54) is 64.2 Å². The van der Waals surface area contributed by atoms with Crippen LogP contribution < -0.4 is 0 Å². The third-order valence-corrected chi connectivity index (χ3v) is 3.65. The van der Waals surface area contributed by atoms with Crippen LogP contribution in [0.4, 0.5) is 0 Å². The average Bonchev–Trinajstić information content (AvgIpc) is 2.56. The number of hydrogen-bond donors (Lipinski definition) is 1. The van der Waals surface area contributed by atoms with E-state index in [1.807, 2.05) is 6.08 Å². The molecule has 0 spiro atoms. The smallest absolute Gasteiger partial charge is 0.168 e. The van der Waals surface area contributed by atoms with Crippen molar-refractivity contribution < 1.29 is 15.2 Å². The molecule has 0 aromatic carbocycles.